The summed E-state index contributed by atoms with van der Waals surface area (Å²) in [6.45, 7) is 3.56. The van der Waals surface area contributed by atoms with Gasteiger partial charge in [0.05, 0.1) is 10.0 Å². The van der Waals surface area contributed by atoms with Crippen LogP contribution < -0.4 is 5.32 Å². The van der Waals surface area contributed by atoms with Crippen LogP contribution in [0.15, 0.2) is 18.2 Å². The molecule has 82 valence electrons. The molecule has 0 saturated heterocycles. The minimum atomic E-state index is 0.0783. The summed E-state index contributed by atoms with van der Waals surface area (Å²) >= 11 is 11.6. The van der Waals surface area contributed by atoms with Crippen LogP contribution in [-0.4, -0.2) is 18.9 Å². The average molecular weight is 246 g/mol. The number of halogens is 2. The Balaban J connectivity index is 2.62. The first-order valence-corrected chi connectivity index (χ1v) is 5.59. The second-order valence-electron chi connectivity index (χ2n) is 3.16. The molecule has 0 aliphatic rings. The van der Waals surface area contributed by atoms with E-state index in [9.17, 15) is 4.79 Å². The number of carbonyl (C=O) groups excluding carboxylic acids is 1. The van der Waals surface area contributed by atoms with Crippen LogP contribution in [0.25, 0.3) is 0 Å². The van der Waals surface area contributed by atoms with Crippen LogP contribution >= 0.6 is 23.2 Å². The molecule has 0 atom stereocenters. The minimum absolute atomic E-state index is 0.0783. The molecule has 0 aliphatic carbocycles. The third kappa shape index (κ3) is 3.82. The maximum Gasteiger partial charge on any atom is 0.164 e. The number of nitrogens with one attached hydrogen (secondary N) is 1. The van der Waals surface area contributed by atoms with Crippen molar-refractivity contribution in [2.45, 2.75) is 13.3 Å². The molecule has 1 aromatic carbocycles. The van der Waals surface area contributed by atoms with E-state index in [1.54, 1.807) is 18.2 Å². The number of benzene rings is 1. The quantitative estimate of drug-likeness (QED) is 0.638. The standard InChI is InChI=1S/C11H13Cl2NO/c1-2-14-6-5-11(15)8-3-4-9(12)10(13)7-8/h3-4,7,14H,2,5-6H2,1H3. The van der Waals surface area contributed by atoms with Crippen molar-refractivity contribution < 1.29 is 4.79 Å². The highest BCUT2D eigenvalue weighted by molar-refractivity contribution is 6.42. The van der Waals surface area contributed by atoms with Crippen molar-refractivity contribution in [3.8, 4) is 0 Å². The van der Waals surface area contributed by atoms with Crippen LogP contribution in [0, 0.1) is 0 Å². The van der Waals surface area contributed by atoms with Crippen LogP contribution in [0.4, 0.5) is 0 Å². The zero-order valence-corrected chi connectivity index (χ0v) is 10.0. The number of Topliss-reactive ketones (excluding diaryl/α,β-unsaturated/α-hetero) is 1. The molecule has 0 heterocycles. The molecule has 0 unspecified atom stereocenters. The van der Waals surface area contributed by atoms with E-state index in [0.717, 1.165) is 6.54 Å². The number of hydrogen-bond donors (Lipinski definition) is 1. The fourth-order valence-electron chi connectivity index (χ4n) is 1.19. The van der Waals surface area contributed by atoms with E-state index in [2.05, 4.69) is 5.32 Å². The van der Waals surface area contributed by atoms with Gasteiger partial charge in [0.25, 0.3) is 0 Å². The van der Waals surface area contributed by atoms with E-state index in [0.29, 0.717) is 28.6 Å². The van der Waals surface area contributed by atoms with Crippen LogP contribution in [0.5, 0.6) is 0 Å². The molecule has 0 fully saturated rings. The first-order chi connectivity index (χ1) is 7.15. The molecular formula is C11H13Cl2NO. The third-order valence-corrected chi connectivity index (χ3v) is 2.76. The summed E-state index contributed by atoms with van der Waals surface area (Å²) in [6.07, 6.45) is 0.478. The first kappa shape index (κ1) is 12.5. The van der Waals surface area contributed by atoms with Gasteiger partial charge in [-0.1, -0.05) is 30.1 Å². The summed E-state index contributed by atoms with van der Waals surface area (Å²) in [5.41, 5.74) is 0.613. The Bertz CT molecular complexity index is 352. The lowest BCUT2D eigenvalue weighted by atomic mass is 10.1. The van der Waals surface area contributed by atoms with Gasteiger partial charge in [-0.2, -0.15) is 0 Å². The summed E-state index contributed by atoms with van der Waals surface area (Å²) in [6, 6.07) is 4.95. The Kier molecular flexibility index (Phi) is 5.09. The molecule has 1 rings (SSSR count). The van der Waals surface area contributed by atoms with Crippen molar-refractivity contribution in [3.63, 3.8) is 0 Å². The zero-order chi connectivity index (χ0) is 11.3. The number of rotatable bonds is 5. The van der Waals surface area contributed by atoms with E-state index >= 15 is 0 Å². The fourth-order valence-corrected chi connectivity index (χ4v) is 1.49. The van der Waals surface area contributed by atoms with Gasteiger partial charge < -0.3 is 5.32 Å². The van der Waals surface area contributed by atoms with Gasteiger partial charge in [-0.05, 0) is 24.7 Å². The number of hydrogen-bond acceptors (Lipinski definition) is 2. The summed E-state index contributed by atoms with van der Waals surface area (Å²) < 4.78 is 0. The Morgan fingerprint density at radius 1 is 1.33 bits per heavy atom. The maximum atomic E-state index is 11.6. The highest BCUT2D eigenvalue weighted by Crippen LogP contribution is 2.23. The average Bonchev–Trinajstić information content (AvgIpc) is 2.22. The lowest BCUT2D eigenvalue weighted by Gasteiger charge is -2.03. The van der Waals surface area contributed by atoms with E-state index < -0.39 is 0 Å². The molecule has 0 saturated carbocycles. The van der Waals surface area contributed by atoms with Gasteiger partial charge in [0.2, 0.25) is 0 Å². The molecular weight excluding hydrogens is 233 g/mol. The SMILES string of the molecule is CCNCCC(=O)c1ccc(Cl)c(Cl)c1. The number of carbonyl (C=O) groups is 1. The molecule has 0 amide bonds. The Labute approximate surface area is 99.6 Å². The molecule has 2 nitrogen and oxygen atoms in total. The van der Waals surface area contributed by atoms with Crippen molar-refractivity contribution in [2.75, 3.05) is 13.1 Å². The summed E-state index contributed by atoms with van der Waals surface area (Å²) in [5, 5.41) is 3.99. The predicted octanol–water partition coefficient (Wildman–Crippen LogP) is 3.18. The molecule has 15 heavy (non-hydrogen) atoms. The normalized spacial score (nSPS) is 10.3. The molecule has 0 aromatic heterocycles. The van der Waals surface area contributed by atoms with Gasteiger partial charge >= 0.3 is 0 Å². The van der Waals surface area contributed by atoms with Crippen LogP contribution in [-0.2, 0) is 0 Å². The fraction of sp³-hybridized carbons (Fsp3) is 0.364. The highest BCUT2D eigenvalue weighted by Gasteiger charge is 2.07. The Hall–Kier alpha value is -0.570. The van der Waals surface area contributed by atoms with Gasteiger partial charge in [0.15, 0.2) is 5.78 Å². The minimum Gasteiger partial charge on any atom is -0.317 e. The van der Waals surface area contributed by atoms with Crippen molar-refractivity contribution >= 4 is 29.0 Å². The summed E-state index contributed by atoms with van der Waals surface area (Å²) in [7, 11) is 0. The molecule has 4 heteroatoms. The highest BCUT2D eigenvalue weighted by atomic mass is 35.5. The molecule has 0 radical (unpaired) electrons. The maximum absolute atomic E-state index is 11.6. The van der Waals surface area contributed by atoms with Gasteiger partial charge in [0, 0.05) is 18.5 Å². The van der Waals surface area contributed by atoms with Gasteiger partial charge in [-0.25, -0.2) is 0 Å². The molecule has 0 bridgehead atoms. The molecule has 1 aromatic rings. The third-order valence-electron chi connectivity index (χ3n) is 2.02. The van der Waals surface area contributed by atoms with Crippen molar-refractivity contribution in [2.24, 2.45) is 0 Å². The lowest BCUT2D eigenvalue weighted by molar-refractivity contribution is 0.0983. The van der Waals surface area contributed by atoms with Crippen LogP contribution in [0.2, 0.25) is 10.0 Å². The molecule has 0 spiro atoms. The second kappa shape index (κ2) is 6.11. The van der Waals surface area contributed by atoms with E-state index in [-0.39, 0.29) is 5.78 Å². The molecule has 0 aliphatic heterocycles. The van der Waals surface area contributed by atoms with Crippen LogP contribution in [0.3, 0.4) is 0 Å². The van der Waals surface area contributed by atoms with Gasteiger partial charge in [0.1, 0.15) is 0 Å². The largest absolute Gasteiger partial charge is 0.317 e. The second-order valence-corrected chi connectivity index (χ2v) is 3.97. The van der Waals surface area contributed by atoms with E-state index in [1.165, 1.54) is 0 Å². The number of ketones is 1. The Morgan fingerprint density at radius 2 is 2.07 bits per heavy atom. The topological polar surface area (TPSA) is 29.1 Å². The van der Waals surface area contributed by atoms with E-state index in [4.69, 9.17) is 23.2 Å². The zero-order valence-electron chi connectivity index (χ0n) is 8.52. The predicted molar refractivity (Wildman–Crippen MR) is 64.0 cm³/mol. The Morgan fingerprint density at radius 3 is 2.67 bits per heavy atom. The lowest BCUT2D eigenvalue weighted by Crippen LogP contribution is -2.17. The molecule has 1 N–H and O–H groups in total. The smallest absolute Gasteiger partial charge is 0.164 e. The van der Waals surface area contributed by atoms with Crippen molar-refractivity contribution in [3.05, 3.63) is 33.8 Å². The summed E-state index contributed by atoms with van der Waals surface area (Å²) in [4.78, 5) is 11.6. The van der Waals surface area contributed by atoms with Gasteiger partial charge in [-0.15, -0.1) is 0 Å². The van der Waals surface area contributed by atoms with Gasteiger partial charge in [-0.3, -0.25) is 4.79 Å². The van der Waals surface area contributed by atoms with Crippen LogP contribution in [0.1, 0.15) is 23.7 Å². The van der Waals surface area contributed by atoms with Crippen molar-refractivity contribution in [1.82, 2.24) is 5.32 Å². The first-order valence-electron chi connectivity index (χ1n) is 4.84. The van der Waals surface area contributed by atoms with E-state index in [1.807, 2.05) is 6.92 Å². The van der Waals surface area contributed by atoms with Crippen molar-refractivity contribution in [1.29, 1.82) is 0 Å². The summed E-state index contributed by atoms with van der Waals surface area (Å²) in [5.74, 6) is 0.0783. The monoisotopic (exact) mass is 245 g/mol.